The van der Waals surface area contributed by atoms with Crippen LogP contribution >= 0.6 is 0 Å². The molecule has 24 heavy (non-hydrogen) atoms. The molecule has 138 valence electrons. The van der Waals surface area contributed by atoms with Gasteiger partial charge in [-0.05, 0) is 57.8 Å². The topological polar surface area (TPSA) is 81.0 Å². The SMILES string of the molecule is CN(C1CCC1)C1CCC1.O=C(O)C1CCCC1CCCB(O)O. The first-order valence-corrected chi connectivity index (χ1v) is 9.80. The highest BCUT2D eigenvalue weighted by atomic mass is 16.4. The minimum atomic E-state index is -1.25. The third kappa shape index (κ3) is 5.75. The van der Waals surface area contributed by atoms with Gasteiger partial charge in [0.2, 0.25) is 0 Å². The van der Waals surface area contributed by atoms with E-state index in [0.29, 0.717) is 12.7 Å². The number of hydrogen-bond donors (Lipinski definition) is 3. The van der Waals surface area contributed by atoms with Crippen LogP contribution in [0, 0.1) is 11.8 Å². The second kappa shape index (κ2) is 9.78. The molecular weight excluding hydrogens is 305 g/mol. The van der Waals surface area contributed by atoms with Gasteiger partial charge in [0.25, 0.3) is 0 Å². The largest absolute Gasteiger partial charge is 0.481 e. The molecule has 6 heteroatoms. The second-order valence-corrected chi connectivity index (χ2v) is 7.88. The molecule has 0 aromatic rings. The Hall–Kier alpha value is -0.585. The van der Waals surface area contributed by atoms with Crippen LogP contribution in [0.15, 0.2) is 0 Å². The van der Waals surface area contributed by atoms with E-state index in [0.717, 1.165) is 37.8 Å². The van der Waals surface area contributed by atoms with E-state index in [1.807, 2.05) is 0 Å². The van der Waals surface area contributed by atoms with Gasteiger partial charge in [-0.1, -0.05) is 32.1 Å². The fraction of sp³-hybridized carbons (Fsp3) is 0.944. The summed E-state index contributed by atoms with van der Waals surface area (Å²) in [6.45, 7) is 0. The van der Waals surface area contributed by atoms with Crippen LogP contribution in [0.3, 0.4) is 0 Å². The van der Waals surface area contributed by atoms with Crippen LogP contribution in [-0.4, -0.2) is 52.3 Å². The minimum Gasteiger partial charge on any atom is -0.481 e. The summed E-state index contributed by atoms with van der Waals surface area (Å²) < 4.78 is 0. The van der Waals surface area contributed by atoms with E-state index < -0.39 is 13.1 Å². The van der Waals surface area contributed by atoms with Gasteiger partial charge < -0.3 is 20.1 Å². The molecule has 3 aliphatic carbocycles. The predicted molar refractivity (Wildman–Crippen MR) is 95.7 cm³/mol. The number of rotatable bonds is 7. The summed E-state index contributed by atoms with van der Waals surface area (Å²) in [6, 6.07) is 1.93. The van der Waals surface area contributed by atoms with Crippen molar-refractivity contribution in [3.63, 3.8) is 0 Å². The van der Waals surface area contributed by atoms with Crippen molar-refractivity contribution in [2.24, 2.45) is 11.8 Å². The van der Waals surface area contributed by atoms with Gasteiger partial charge in [0.15, 0.2) is 0 Å². The number of aliphatic carboxylic acids is 1. The van der Waals surface area contributed by atoms with Crippen molar-refractivity contribution >= 4 is 13.1 Å². The lowest BCUT2D eigenvalue weighted by molar-refractivity contribution is -0.143. The number of carbonyl (C=O) groups is 1. The molecule has 3 aliphatic rings. The smallest absolute Gasteiger partial charge is 0.451 e. The summed E-state index contributed by atoms with van der Waals surface area (Å²) in [5.41, 5.74) is 0. The van der Waals surface area contributed by atoms with Crippen LogP contribution in [0.1, 0.15) is 70.6 Å². The monoisotopic (exact) mass is 339 g/mol. The minimum absolute atomic E-state index is 0.203. The van der Waals surface area contributed by atoms with Crippen molar-refractivity contribution < 1.29 is 19.9 Å². The molecule has 2 atom stereocenters. The van der Waals surface area contributed by atoms with Gasteiger partial charge in [-0.2, -0.15) is 0 Å². The first kappa shape index (κ1) is 19.7. The van der Waals surface area contributed by atoms with Crippen molar-refractivity contribution in [1.82, 2.24) is 4.90 Å². The summed E-state index contributed by atoms with van der Waals surface area (Å²) in [4.78, 5) is 13.4. The first-order valence-electron chi connectivity index (χ1n) is 9.80. The average Bonchev–Trinajstić information content (AvgIpc) is 2.83. The molecule has 3 N–H and O–H groups in total. The summed E-state index contributed by atoms with van der Waals surface area (Å²) in [5, 5.41) is 26.2. The summed E-state index contributed by atoms with van der Waals surface area (Å²) in [5.74, 6) is -0.658. The van der Waals surface area contributed by atoms with E-state index in [9.17, 15) is 4.79 Å². The quantitative estimate of drug-likeness (QED) is 0.622. The van der Waals surface area contributed by atoms with E-state index in [4.69, 9.17) is 15.2 Å². The van der Waals surface area contributed by atoms with Crippen LogP contribution in [0.5, 0.6) is 0 Å². The molecule has 0 aromatic heterocycles. The zero-order valence-electron chi connectivity index (χ0n) is 15.1. The highest BCUT2D eigenvalue weighted by molar-refractivity contribution is 6.40. The van der Waals surface area contributed by atoms with Crippen LogP contribution in [0.2, 0.25) is 6.32 Å². The van der Waals surface area contributed by atoms with Crippen LogP contribution < -0.4 is 0 Å². The molecule has 0 saturated heterocycles. The molecule has 0 heterocycles. The third-order valence-corrected chi connectivity index (χ3v) is 6.31. The highest BCUT2D eigenvalue weighted by Gasteiger charge is 2.32. The van der Waals surface area contributed by atoms with Gasteiger partial charge >= 0.3 is 13.1 Å². The lowest BCUT2D eigenvalue weighted by Gasteiger charge is -2.43. The normalized spacial score (nSPS) is 27.2. The molecule has 3 fully saturated rings. The molecule has 0 aliphatic heterocycles. The van der Waals surface area contributed by atoms with E-state index in [-0.39, 0.29) is 11.8 Å². The Morgan fingerprint density at radius 1 is 1.00 bits per heavy atom. The second-order valence-electron chi connectivity index (χ2n) is 7.88. The van der Waals surface area contributed by atoms with Crippen molar-refractivity contribution in [3.8, 4) is 0 Å². The van der Waals surface area contributed by atoms with Gasteiger partial charge in [0.05, 0.1) is 5.92 Å². The Bertz CT molecular complexity index is 371. The summed E-state index contributed by atoms with van der Waals surface area (Å²) >= 11 is 0. The highest BCUT2D eigenvalue weighted by Crippen LogP contribution is 2.35. The zero-order valence-corrected chi connectivity index (χ0v) is 15.1. The van der Waals surface area contributed by atoms with Crippen molar-refractivity contribution in [1.29, 1.82) is 0 Å². The average molecular weight is 339 g/mol. The lowest BCUT2D eigenvalue weighted by Crippen LogP contribution is -2.46. The van der Waals surface area contributed by atoms with Gasteiger partial charge in [-0.25, -0.2) is 0 Å². The van der Waals surface area contributed by atoms with Crippen LogP contribution in [0.25, 0.3) is 0 Å². The summed E-state index contributed by atoms with van der Waals surface area (Å²) in [7, 11) is 1.06. The molecule has 0 spiro atoms. The van der Waals surface area contributed by atoms with Gasteiger partial charge in [-0.3, -0.25) is 4.79 Å². The van der Waals surface area contributed by atoms with Gasteiger partial charge in [0, 0.05) is 12.1 Å². The maximum atomic E-state index is 10.8. The van der Waals surface area contributed by atoms with Crippen molar-refractivity contribution in [2.45, 2.75) is 89.0 Å². The third-order valence-electron chi connectivity index (χ3n) is 6.31. The Morgan fingerprint density at radius 3 is 1.96 bits per heavy atom. The maximum Gasteiger partial charge on any atom is 0.451 e. The van der Waals surface area contributed by atoms with Crippen LogP contribution in [-0.2, 0) is 4.79 Å². The van der Waals surface area contributed by atoms with Crippen molar-refractivity contribution in [2.75, 3.05) is 7.05 Å². The molecule has 0 bridgehead atoms. The number of nitrogens with zero attached hydrogens (tertiary/aromatic N) is 1. The Labute approximate surface area is 146 Å². The number of hydrogen-bond acceptors (Lipinski definition) is 4. The Kier molecular flexibility index (Phi) is 8.05. The Morgan fingerprint density at radius 2 is 1.54 bits per heavy atom. The first-order chi connectivity index (χ1) is 11.5. The fourth-order valence-electron chi connectivity index (χ4n) is 4.16. The molecule has 0 amide bonds. The molecule has 2 unspecified atom stereocenters. The fourth-order valence-corrected chi connectivity index (χ4v) is 4.16. The lowest BCUT2D eigenvalue weighted by atomic mass is 9.80. The molecule has 0 aromatic carbocycles. The summed E-state index contributed by atoms with van der Waals surface area (Å²) in [6.07, 6.45) is 13.4. The van der Waals surface area contributed by atoms with Gasteiger partial charge in [-0.15, -0.1) is 0 Å². The molecule has 0 radical (unpaired) electrons. The maximum absolute atomic E-state index is 10.8. The Balaban J connectivity index is 0.000000182. The van der Waals surface area contributed by atoms with E-state index in [1.54, 1.807) is 0 Å². The number of carboxylic acids is 1. The zero-order chi connectivity index (χ0) is 17.5. The molecular formula is C18H34BNO4. The standard InChI is InChI=1S/C9H17BO4.C9H17N/c11-9(12)8-5-1-3-7(8)4-2-6-10(13)14;1-10(8-4-2-5-8)9-6-3-7-9/h7-8,13-14H,1-6H2,(H,11,12);8-9H,2-7H2,1H3. The van der Waals surface area contributed by atoms with Crippen molar-refractivity contribution in [3.05, 3.63) is 0 Å². The predicted octanol–water partition coefficient (Wildman–Crippen LogP) is 2.76. The van der Waals surface area contributed by atoms with E-state index in [2.05, 4.69) is 11.9 Å². The van der Waals surface area contributed by atoms with E-state index >= 15 is 0 Å². The van der Waals surface area contributed by atoms with E-state index in [1.165, 1.54) is 38.5 Å². The van der Waals surface area contributed by atoms with Gasteiger partial charge in [0.1, 0.15) is 0 Å². The number of carboxylic acid groups (broad SMARTS) is 1. The molecule has 5 nitrogen and oxygen atoms in total. The van der Waals surface area contributed by atoms with Crippen LogP contribution in [0.4, 0.5) is 0 Å². The molecule has 3 rings (SSSR count). The molecule has 3 saturated carbocycles.